The lowest BCUT2D eigenvalue weighted by molar-refractivity contribution is 0.293. The van der Waals surface area contributed by atoms with Crippen LogP contribution in [0.15, 0.2) is 0 Å². The molecule has 1 aromatic rings. The van der Waals surface area contributed by atoms with Gasteiger partial charge in [-0.15, -0.1) is 11.3 Å². The SMILES string of the molecule is Cc1nc(N2CCCC(C)(C)C2)sc1CNC1CC1. The Bertz CT molecular complexity index is 448. The minimum Gasteiger partial charge on any atom is -0.348 e. The highest BCUT2D eigenvalue weighted by Gasteiger charge is 2.28. The molecule has 0 amide bonds. The average molecular weight is 279 g/mol. The molecule has 1 N–H and O–H groups in total. The van der Waals surface area contributed by atoms with Gasteiger partial charge in [0.25, 0.3) is 0 Å². The van der Waals surface area contributed by atoms with Crippen molar-refractivity contribution in [2.24, 2.45) is 5.41 Å². The van der Waals surface area contributed by atoms with Gasteiger partial charge in [-0.05, 0) is 38.0 Å². The van der Waals surface area contributed by atoms with Gasteiger partial charge in [-0.25, -0.2) is 4.98 Å². The fraction of sp³-hybridized carbons (Fsp3) is 0.800. The molecule has 0 radical (unpaired) electrons. The monoisotopic (exact) mass is 279 g/mol. The van der Waals surface area contributed by atoms with Gasteiger partial charge < -0.3 is 10.2 Å². The summed E-state index contributed by atoms with van der Waals surface area (Å²) in [5.74, 6) is 0. The van der Waals surface area contributed by atoms with E-state index in [4.69, 9.17) is 4.98 Å². The van der Waals surface area contributed by atoms with Crippen molar-refractivity contribution in [2.75, 3.05) is 18.0 Å². The Hall–Kier alpha value is -0.610. The van der Waals surface area contributed by atoms with Crippen molar-refractivity contribution in [2.45, 2.75) is 59.0 Å². The van der Waals surface area contributed by atoms with Gasteiger partial charge in [0.2, 0.25) is 0 Å². The summed E-state index contributed by atoms with van der Waals surface area (Å²) in [7, 11) is 0. The lowest BCUT2D eigenvalue weighted by Crippen LogP contribution is -2.40. The third kappa shape index (κ3) is 3.29. The number of aromatic nitrogens is 1. The van der Waals surface area contributed by atoms with Crippen molar-refractivity contribution >= 4 is 16.5 Å². The van der Waals surface area contributed by atoms with Crippen LogP contribution in [0.1, 0.15) is 50.1 Å². The molecule has 0 spiro atoms. The molecule has 3 rings (SSSR count). The third-order valence-electron chi connectivity index (χ3n) is 4.18. The van der Waals surface area contributed by atoms with Crippen molar-refractivity contribution < 1.29 is 0 Å². The number of nitrogens with one attached hydrogen (secondary N) is 1. The minimum atomic E-state index is 0.435. The molecule has 2 aliphatic rings. The first-order chi connectivity index (χ1) is 9.03. The Morgan fingerprint density at radius 2 is 2.21 bits per heavy atom. The maximum Gasteiger partial charge on any atom is 0.185 e. The van der Waals surface area contributed by atoms with Crippen LogP contribution >= 0.6 is 11.3 Å². The molecule has 2 fully saturated rings. The van der Waals surface area contributed by atoms with E-state index in [9.17, 15) is 0 Å². The first-order valence-corrected chi connectivity index (χ1v) is 8.30. The van der Waals surface area contributed by atoms with E-state index in [2.05, 4.69) is 31.0 Å². The van der Waals surface area contributed by atoms with Crippen LogP contribution in [0.4, 0.5) is 5.13 Å². The molecule has 1 aromatic heterocycles. The molecule has 4 heteroatoms. The van der Waals surface area contributed by atoms with E-state index in [-0.39, 0.29) is 0 Å². The van der Waals surface area contributed by atoms with Crippen LogP contribution in [0, 0.1) is 12.3 Å². The van der Waals surface area contributed by atoms with Crippen molar-refractivity contribution in [1.82, 2.24) is 10.3 Å². The van der Waals surface area contributed by atoms with Gasteiger partial charge in [-0.2, -0.15) is 0 Å². The number of rotatable bonds is 4. The predicted octanol–water partition coefficient (Wildman–Crippen LogP) is 3.33. The minimum absolute atomic E-state index is 0.435. The Balaban J connectivity index is 1.68. The summed E-state index contributed by atoms with van der Waals surface area (Å²) < 4.78 is 0. The Kier molecular flexibility index (Phi) is 3.56. The van der Waals surface area contributed by atoms with E-state index in [1.54, 1.807) is 0 Å². The first kappa shape index (κ1) is 13.4. The standard InChI is InChI=1S/C15H25N3S/c1-11-13(9-16-12-5-6-12)19-14(17-11)18-8-4-7-15(2,3)10-18/h12,16H,4-10H2,1-3H3. The molecule has 0 unspecified atom stereocenters. The molecule has 106 valence electrons. The lowest BCUT2D eigenvalue weighted by Gasteiger charge is -2.37. The van der Waals surface area contributed by atoms with Gasteiger partial charge in [-0.1, -0.05) is 13.8 Å². The topological polar surface area (TPSA) is 28.2 Å². The zero-order chi connectivity index (χ0) is 13.5. The second-order valence-corrected chi connectivity index (χ2v) is 7.91. The van der Waals surface area contributed by atoms with Gasteiger partial charge in [0.05, 0.1) is 5.69 Å². The van der Waals surface area contributed by atoms with E-state index in [1.807, 2.05) is 11.3 Å². The van der Waals surface area contributed by atoms with Crippen LogP contribution in [-0.4, -0.2) is 24.1 Å². The number of anilines is 1. The van der Waals surface area contributed by atoms with E-state index in [0.29, 0.717) is 5.41 Å². The average Bonchev–Trinajstić information content (AvgIpc) is 3.09. The van der Waals surface area contributed by atoms with Gasteiger partial charge in [0.15, 0.2) is 5.13 Å². The maximum atomic E-state index is 4.80. The van der Waals surface area contributed by atoms with Gasteiger partial charge in [0, 0.05) is 30.6 Å². The highest BCUT2D eigenvalue weighted by atomic mass is 32.1. The van der Waals surface area contributed by atoms with Crippen LogP contribution in [0.2, 0.25) is 0 Å². The van der Waals surface area contributed by atoms with Crippen LogP contribution in [0.5, 0.6) is 0 Å². The quantitative estimate of drug-likeness (QED) is 0.916. The summed E-state index contributed by atoms with van der Waals surface area (Å²) in [6.45, 7) is 10.2. The number of hydrogen-bond acceptors (Lipinski definition) is 4. The lowest BCUT2D eigenvalue weighted by atomic mass is 9.84. The fourth-order valence-corrected chi connectivity index (χ4v) is 3.86. The highest BCUT2D eigenvalue weighted by molar-refractivity contribution is 7.15. The molecule has 0 bridgehead atoms. The summed E-state index contributed by atoms with van der Waals surface area (Å²) in [4.78, 5) is 8.71. The Morgan fingerprint density at radius 1 is 1.42 bits per heavy atom. The van der Waals surface area contributed by atoms with E-state index in [1.165, 1.54) is 47.9 Å². The second-order valence-electron chi connectivity index (χ2n) is 6.85. The zero-order valence-electron chi connectivity index (χ0n) is 12.3. The second kappa shape index (κ2) is 5.06. The number of aryl methyl sites for hydroxylation is 1. The van der Waals surface area contributed by atoms with E-state index in [0.717, 1.165) is 19.1 Å². The Morgan fingerprint density at radius 3 is 2.89 bits per heavy atom. The van der Waals surface area contributed by atoms with Crippen molar-refractivity contribution in [3.05, 3.63) is 10.6 Å². The Labute approximate surface area is 120 Å². The molecule has 1 aliphatic carbocycles. The number of piperidine rings is 1. The van der Waals surface area contributed by atoms with Crippen molar-refractivity contribution in [3.63, 3.8) is 0 Å². The molecule has 0 aromatic carbocycles. The number of thiazole rings is 1. The normalized spacial score (nSPS) is 22.8. The van der Waals surface area contributed by atoms with Crippen molar-refractivity contribution in [3.8, 4) is 0 Å². The smallest absolute Gasteiger partial charge is 0.185 e. The van der Waals surface area contributed by atoms with Crippen LogP contribution in [0.25, 0.3) is 0 Å². The van der Waals surface area contributed by atoms with Crippen molar-refractivity contribution in [1.29, 1.82) is 0 Å². The van der Waals surface area contributed by atoms with Gasteiger partial charge >= 0.3 is 0 Å². The molecule has 1 saturated carbocycles. The van der Waals surface area contributed by atoms with Crippen LogP contribution < -0.4 is 10.2 Å². The zero-order valence-corrected chi connectivity index (χ0v) is 13.1. The van der Waals surface area contributed by atoms with Gasteiger partial charge in [-0.3, -0.25) is 0 Å². The molecule has 3 nitrogen and oxygen atoms in total. The molecule has 1 aliphatic heterocycles. The van der Waals surface area contributed by atoms with Crippen LogP contribution in [0.3, 0.4) is 0 Å². The fourth-order valence-electron chi connectivity index (χ4n) is 2.82. The van der Waals surface area contributed by atoms with Gasteiger partial charge in [0.1, 0.15) is 0 Å². The molecular formula is C15H25N3S. The summed E-state index contributed by atoms with van der Waals surface area (Å²) in [6, 6.07) is 0.777. The third-order valence-corrected chi connectivity index (χ3v) is 5.40. The number of hydrogen-bond donors (Lipinski definition) is 1. The first-order valence-electron chi connectivity index (χ1n) is 7.48. The molecule has 2 heterocycles. The largest absolute Gasteiger partial charge is 0.348 e. The maximum absolute atomic E-state index is 4.80. The number of nitrogens with zero attached hydrogens (tertiary/aromatic N) is 2. The molecule has 1 saturated heterocycles. The van der Waals surface area contributed by atoms with E-state index >= 15 is 0 Å². The predicted molar refractivity (Wildman–Crippen MR) is 81.9 cm³/mol. The van der Waals surface area contributed by atoms with Crippen LogP contribution in [-0.2, 0) is 6.54 Å². The highest BCUT2D eigenvalue weighted by Crippen LogP contribution is 2.34. The summed E-state index contributed by atoms with van der Waals surface area (Å²) in [5, 5.41) is 4.83. The molecule has 0 atom stereocenters. The molecular weight excluding hydrogens is 254 g/mol. The summed E-state index contributed by atoms with van der Waals surface area (Å²) >= 11 is 1.89. The van der Waals surface area contributed by atoms with E-state index < -0.39 is 0 Å². The summed E-state index contributed by atoms with van der Waals surface area (Å²) in [6.07, 6.45) is 5.33. The molecule has 19 heavy (non-hydrogen) atoms. The summed E-state index contributed by atoms with van der Waals surface area (Å²) in [5.41, 5.74) is 1.65.